The molecule has 2 aromatic rings. The maximum absolute atomic E-state index is 12.2. The molecule has 1 aliphatic rings. The molecule has 3 N–H and O–H groups in total. The van der Waals surface area contributed by atoms with E-state index in [0.29, 0.717) is 0 Å². The number of aromatic nitrogens is 4. The van der Waals surface area contributed by atoms with Crippen LogP contribution < -0.4 is 5.32 Å². The fourth-order valence-electron chi connectivity index (χ4n) is 2.80. The van der Waals surface area contributed by atoms with E-state index in [1.807, 2.05) is 10.8 Å². The summed E-state index contributed by atoms with van der Waals surface area (Å²) in [6.07, 6.45) is 9.31. The molecule has 110 valence electrons. The number of rotatable bonds is 4. The number of carbonyl (C=O) groups excluding carboxylic acids is 1. The molecule has 2 unspecified atom stereocenters. The van der Waals surface area contributed by atoms with Crippen LogP contribution in [0.15, 0.2) is 25.0 Å². The normalized spacial score (nSPS) is 21.3. The second-order valence-corrected chi connectivity index (χ2v) is 5.02. The molecule has 2 atom stereocenters. The van der Waals surface area contributed by atoms with Crippen molar-refractivity contribution in [3.05, 3.63) is 36.4 Å². The van der Waals surface area contributed by atoms with Crippen molar-refractivity contribution in [3.8, 4) is 0 Å². The smallest absolute Gasteiger partial charge is 0.354 e. The van der Waals surface area contributed by atoms with Crippen LogP contribution in [0.2, 0.25) is 0 Å². The molecule has 21 heavy (non-hydrogen) atoms. The van der Waals surface area contributed by atoms with Gasteiger partial charge in [-0.2, -0.15) is 0 Å². The molecule has 0 radical (unpaired) electrons. The number of hydrogen-bond donors (Lipinski definition) is 3. The van der Waals surface area contributed by atoms with Crippen LogP contribution in [0.1, 0.15) is 46.3 Å². The molecule has 8 heteroatoms. The number of aromatic amines is 1. The van der Waals surface area contributed by atoms with Crippen LogP contribution in [0.25, 0.3) is 0 Å². The van der Waals surface area contributed by atoms with Crippen LogP contribution in [0.3, 0.4) is 0 Å². The Morgan fingerprint density at radius 3 is 3.00 bits per heavy atom. The predicted molar refractivity (Wildman–Crippen MR) is 71.9 cm³/mol. The van der Waals surface area contributed by atoms with Gasteiger partial charge in [-0.1, -0.05) is 0 Å². The fourth-order valence-corrected chi connectivity index (χ4v) is 2.80. The first-order chi connectivity index (χ1) is 10.2. The first-order valence-electron chi connectivity index (χ1n) is 6.72. The zero-order valence-corrected chi connectivity index (χ0v) is 11.2. The van der Waals surface area contributed by atoms with Crippen molar-refractivity contribution in [1.82, 2.24) is 24.8 Å². The van der Waals surface area contributed by atoms with E-state index in [9.17, 15) is 9.59 Å². The summed E-state index contributed by atoms with van der Waals surface area (Å²) in [4.78, 5) is 33.5. The van der Waals surface area contributed by atoms with Gasteiger partial charge in [0.15, 0.2) is 11.4 Å². The SMILES string of the molecule is O=C(NC1CCCC1n1ccnc1)c1nc[nH]c1C(=O)O. The largest absolute Gasteiger partial charge is 0.477 e. The number of nitrogens with zero attached hydrogens (tertiary/aromatic N) is 3. The third-order valence-corrected chi connectivity index (χ3v) is 3.77. The highest BCUT2D eigenvalue weighted by molar-refractivity contribution is 6.02. The van der Waals surface area contributed by atoms with Crippen molar-refractivity contribution < 1.29 is 14.7 Å². The first-order valence-corrected chi connectivity index (χ1v) is 6.72. The lowest BCUT2D eigenvalue weighted by Crippen LogP contribution is -2.38. The molecular formula is C13H15N5O3. The third kappa shape index (κ3) is 2.51. The van der Waals surface area contributed by atoms with Gasteiger partial charge in [-0.05, 0) is 19.3 Å². The number of imidazole rings is 2. The summed E-state index contributed by atoms with van der Waals surface area (Å²) in [6, 6.07) is 0.0914. The van der Waals surface area contributed by atoms with Gasteiger partial charge in [-0.3, -0.25) is 4.79 Å². The van der Waals surface area contributed by atoms with Crippen molar-refractivity contribution in [2.45, 2.75) is 31.3 Å². The predicted octanol–water partition coefficient (Wildman–Crippen LogP) is 0.828. The number of carboxylic acid groups (broad SMARTS) is 1. The second kappa shape index (κ2) is 5.39. The van der Waals surface area contributed by atoms with E-state index in [-0.39, 0.29) is 23.5 Å². The Hall–Kier alpha value is -2.64. The second-order valence-electron chi connectivity index (χ2n) is 5.02. The minimum Gasteiger partial charge on any atom is -0.477 e. The minimum absolute atomic E-state index is 0.0509. The Morgan fingerprint density at radius 2 is 2.29 bits per heavy atom. The molecule has 1 fully saturated rings. The van der Waals surface area contributed by atoms with E-state index < -0.39 is 11.9 Å². The van der Waals surface area contributed by atoms with E-state index in [4.69, 9.17) is 5.11 Å². The summed E-state index contributed by atoms with van der Waals surface area (Å²) in [5.41, 5.74) is -0.275. The molecule has 0 aliphatic heterocycles. The van der Waals surface area contributed by atoms with Gasteiger partial charge in [0.1, 0.15) is 0 Å². The maximum Gasteiger partial charge on any atom is 0.354 e. The molecule has 8 nitrogen and oxygen atoms in total. The Balaban J connectivity index is 1.75. The van der Waals surface area contributed by atoms with Crippen molar-refractivity contribution in [3.63, 3.8) is 0 Å². The summed E-state index contributed by atoms with van der Waals surface area (Å²) >= 11 is 0. The summed E-state index contributed by atoms with van der Waals surface area (Å²) < 4.78 is 1.97. The van der Waals surface area contributed by atoms with Crippen LogP contribution in [0.4, 0.5) is 0 Å². The molecule has 0 bridgehead atoms. The molecule has 1 aliphatic carbocycles. The van der Waals surface area contributed by atoms with Gasteiger partial charge < -0.3 is 20.0 Å². The Bertz CT molecular complexity index is 649. The average Bonchev–Trinajstić information content (AvgIpc) is 3.19. The number of hydrogen-bond acceptors (Lipinski definition) is 4. The molecule has 0 saturated heterocycles. The number of amides is 1. The fraction of sp³-hybridized carbons (Fsp3) is 0.385. The molecule has 1 amide bonds. The number of carbonyl (C=O) groups is 2. The van der Waals surface area contributed by atoms with Gasteiger partial charge in [0.25, 0.3) is 5.91 Å². The monoisotopic (exact) mass is 289 g/mol. The average molecular weight is 289 g/mol. The number of nitrogens with one attached hydrogen (secondary N) is 2. The molecule has 0 spiro atoms. The first kappa shape index (κ1) is 13.3. The molecular weight excluding hydrogens is 274 g/mol. The van der Waals surface area contributed by atoms with Gasteiger partial charge in [0.2, 0.25) is 0 Å². The molecule has 2 aromatic heterocycles. The molecule has 1 saturated carbocycles. The Labute approximate surface area is 120 Å². The lowest BCUT2D eigenvalue weighted by atomic mass is 10.1. The van der Waals surface area contributed by atoms with E-state index in [1.54, 1.807) is 12.5 Å². The quantitative estimate of drug-likeness (QED) is 0.771. The zero-order chi connectivity index (χ0) is 14.8. The lowest BCUT2D eigenvalue weighted by molar-refractivity contribution is 0.0684. The van der Waals surface area contributed by atoms with E-state index in [0.717, 1.165) is 19.3 Å². The standard InChI is InChI=1S/C13H15N5O3/c19-12(10-11(13(20)21)16-6-15-10)17-8-2-1-3-9(8)18-5-4-14-7-18/h4-9H,1-3H2,(H,15,16)(H,17,19)(H,20,21). The van der Waals surface area contributed by atoms with E-state index in [1.165, 1.54) is 6.33 Å². The Kier molecular flexibility index (Phi) is 3.43. The topological polar surface area (TPSA) is 113 Å². The number of carboxylic acids is 1. The third-order valence-electron chi connectivity index (χ3n) is 3.77. The van der Waals surface area contributed by atoms with Gasteiger partial charge in [0, 0.05) is 18.4 Å². The highest BCUT2D eigenvalue weighted by atomic mass is 16.4. The van der Waals surface area contributed by atoms with E-state index in [2.05, 4.69) is 20.3 Å². The molecule has 3 rings (SSSR count). The van der Waals surface area contributed by atoms with Gasteiger partial charge in [0.05, 0.1) is 18.7 Å². The van der Waals surface area contributed by atoms with Crippen LogP contribution >= 0.6 is 0 Å². The van der Waals surface area contributed by atoms with Crippen LogP contribution in [0.5, 0.6) is 0 Å². The summed E-state index contributed by atoms with van der Waals surface area (Å²) in [5, 5.41) is 11.9. The highest BCUT2D eigenvalue weighted by Crippen LogP contribution is 2.30. The molecule has 0 aromatic carbocycles. The van der Waals surface area contributed by atoms with Gasteiger partial charge >= 0.3 is 5.97 Å². The van der Waals surface area contributed by atoms with Crippen LogP contribution in [-0.2, 0) is 0 Å². The molecule has 2 heterocycles. The van der Waals surface area contributed by atoms with Crippen molar-refractivity contribution >= 4 is 11.9 Å². The van der Waals surface area contributed by atoms with Gasteiger partial charge in [-0.25, -0.2) is 14.8 Å². The Morgan fingerprint density at radius 1 is 1.43 bits per heavy atom. The summed E-state index contributed by atoms with van der Waals surface area (Å²) in [7, 11) is 0. The zero-order valence-electron chi connectivity index (χ0n) is 11.2. The maximum atomic E-state index is 12.2. The van der Waals surface area contributed by atoms with Crippen molar-refractivity contribution in [2.75, 3.05) is 0 Å². The van der Waals surface area contributed by atoms with Crippen molar-refractivity contribution in [2.24, 2.45) is 0 Å². The van der Waals surface area contributed by atoms with E-state index >= 15 is 0 Å². The highest BCUT2D eigenvalue weighted by Gasteiger charge is 2.31. The minimum atomic E-state index is -1.20. The number of aromatic carboxylic acids is 1. The number of H-pyrrole nitrogens is 1. The lowest BCUT2D eigenvalue weighted by Gasteiger charge is -2.21. The van der Waals surface area contributed by atoms with Gasteiger partial charge in [-0.15, -0.1) is 0 Å². The summed E-state index contributed by atoms with van der Waals surface area (Å²) in [5.74, 6) is -1.67. The van der Waals surface area contributed by atoms with Crippen LogP contribution in [-0.4, -0.2) is 42.5 Å². The summed E-state index contributed by atoms with van der Waals surface area (Å²) in [6.45, 7) is 0. The van der Waals surface area contributed by atoms with Crippen LogP contribution in [0, 0.1) is 0 Å². The van der Waals surface area contributed by atoms with Crippen molar-refractivity contribution in [1.29, 1.82) is 0 Å².